The number of rotatable bonds is 2. The van der Waals surface area contributed by atoms with Gasteiger partial charge in [-0.3, -0.25) is 5.41 Å². The molecule has 21 heavy (non-hydrogen) atoms. The van der Waals surface area contributed by atoms with Gasteiger partial charge in [0.05, 0.1) is 11.4 Å². The second-order valence-corrected chi connectivity index (χ2v) is 4.81. The average Bonchev–Trinajstić information content (AvgIpc) is 2.72. The van der Waals surface area contributed by atoms with Crippen LogP contribution in [-0.4, -0.2) is 16.9 Å². The van der Waals surface area contributed by atoms with Crippen molar-refractivity contribution in [2.75, 3.05) is 9.80 Å². The molecule has 6 heteroatoms. The summed E-state index contributed by atoms with van der Waals surface area (Å²) in [6.45, 7) is 0. The highest BCUT2D eigenvalue weighted by atomic mass is 32.1. The Hall–Kier alpha value is -2.60. The number of urea groups is 1. The number of hydrogen-bond acceptors (Lipinski definition) is 3. The molecule has 0 atom stereocenters. The number of benzene rings is 2. The van der Waals surface area contributed by atoms with E-state index in [9.17, 15) is 9.18 Å². The molecule has 4 nitrogen and oxygen atoms in total. The Labute approximate surface area is 125 Å². The van der Waals surface area contributed by atoms with Crippen LogP contribution in [0.15, 0.2) is 54.6 Å². The normalized spacial score (nSPS) is 15.0. The van der Waals surface area contributed by atoms with E-state index in [1.54, 1.807) is 24.3 Å². The van der Waals surface area contributed by atoms with Crippen LogP contribution in [0, 0.1) is 11.2 Å². The van der Waals surface area contributed by atoms with Gasteiger partial charge < -0.3 is 0 Å². The van der Waals surface area contributed by atoms with Gasteiger partial charge in [-0.25, -0.2) is 19.0 Å². The maximum atomic E-state index is 13.0. The van der Waals surface area contributed by atoms with Crippen LogP contribution in [0.25, 0.3) is 0 Å². The minimum Gasteiger partial charge on any atom is -0.281 e. The van der Waals surface area contributed by atoms with Crippen LogP contribution in [0.1, 0.15) is 0 Å². The smallest absolute Gasteiger partial charge is 0.281 e. The molecular formula is C15H10FN3OS. The van der Waals surface area contributed by atoms with E-state index in [1.807, 2.05) is 6.07 Å². The Morgan fingerprint density at radius 3 is 2.10 bits per heavy atom. The Bertz CT molecular complexity index is 730. The first-order valence-corrected chi connectivity index (χ1v) is 6.58. The van der Waals surface area contributed by atoms with Gasteiger partial charge in [0.25, 0.3) is 0 Å². The van der Waals surface area contributed by atoms with Gasteiger partial charge in [0, 0.05) is 0 Å². The quantitative estimate of drug-likeness (QED) is 0.862. The molecule has 0 radical (unpaired) electrons. The van der Waals surface area contributed by atoms with Crippen molar-refractivity contribution in [2.24, 2.45) is 0 Å². The molecule has 1 aliphatic rings. The maximum absolute atomic E-state index is 13.0. The van der Waals surface area contributed by atoms with Crippen molar-refractivity contribution in [3.8, 4) is 0 Å². The number of nitrogens with zero attached hydrogens (tertiary/aromatic N) is 2. The van der Waals surface area contributed by atoms with E-state index in [0.717, 1.165) is 0 Å². The molecule has 104 valence electrons. The van der Waals surface area contributed by atoms with Crippen molar-refractivity contribution in [3.05, 3.63) is 60.4 Å². The minimum atomic E-state index is -0.442. The first-order chi connectivity index (χ1) is 10.1. The van der Waals surface area contributed by atoms with E-state index < -0.39 is 11.8 Å². The fraction of sp³-hybridized carbons (Fsp3) is 0. The van der Waals surface area contributed by atoms with E-state index >= 15 is 0 Å². The molecule has 1 aliphatic heterocycles. The molecule has 0 saturated carbocycles. The summed E-state index contributed by atoms with van der Waals surface area (Å²) in [5.74, 6) is -0.461. The molecule has 1 N–H and O–H groups in total. The number of carbonyl (C=O) groups excluding carboxylic acids is 1. The van der Waals surface area contributed by atoms with Gasteiger partial charge in [-0.05, 0) is 36.4 Å². The molecule has 0 aromatic heterocycles. The highest BCUT2D eigenvalue weighted by molar-refractivity contribution is 7.82. The number of amides is 2. The van der Waals surface area contributed by atoms with E-state index in [4.69, 9.17) is 17.6 Å². The minimum absolute atomic E-state index is 0.0643. The molecule has 1 heterocycles. The molecule has 1 fully saturated rings. The summed E-state index contributed by atoms with van der Waals surface area (Å²) in [5, 5.41) is 8.05. The second-order valence-electron chi connectivity index (χ2n) is 4.42. The number of amidine groups is 1. The number of anilines is 2. The number of halogens is 1. The number of hydrogen-bond donors (Lipinski definition) is 1. The van der Waals surface area contributed by atoms with Crippen LogP contribution < -0.4 is 9.80 Å². The third-order valence-electron chi connectivity index (χ3n) is 3.11. The van der Waals surface area contributed by atoms with Gasteiger partial charge in [0.1, 0.15) is 5.82 Å². The summed E-state index contributed by atoms with van der Waals surface area (Å²) < 4.78 is 13.0. The Morgan fingerprint density at radius 2 is 1.48 bits per heavy atom. The first-order valence-electron chi connectivity index (χ1n) is 6.17. The number of nitrogens with one attached hydrogen (secondary N) is 1. The summed E-state index contributed by atoms with van der Waals surface area (Å²) in [4.78, 5) is 15.1. The fourth-order valence-corrected chi connectivity index (χ4v) is 2.39. The van der Waals surface area contributed by atoms with E-state index in [1.165, 1.54) is 34.1 Å². The maximum Gasteiger partial charge on any atom is 0.340 e. The van der Waals surface area contributed by atoms with Crippen molar-refractivity contribution < 1.29 is 9.18 Å². The molecule has 0 unspecified atom stereocenters. The molecule has 3 rings (SSSR count). The number of carbonyl (C=O) groups is 1. The summed E-state index contributed by atoms with van der Waals surface area (Å²) in [6, 6.07) is 13.8. The van der Waals surface area contributed by atoms with E-state index in [-0.39, 0.29) is 10.8 Å². The standard InChI is InChI=1S/C15H10FN3OS/c16-10-6-8-12(9-7-10)19-14(21)13(17)18(15(19)20)11-4-2-1-3-5-11/h1-9,17H. The van der Waals surface area contributed by atoms with Gasteiger partial charge in [0.2, 0.25) is 0 Å². The predicted molar refractivity (Wildman–Crippen MR) is 83.5 cm³/mol. The first kappa shape index (κ1) is 13.4. The lowest BCUT2D eigenvalue weighted by Crippen LogP contribution is -2.33. The molecule has 1 saturated heterocycles. The van der Waals surface area contributed by atoms with Crippen LogP contribution >= 0.6 is 12.2 Å². The average molecular weight is 299 g/mol. The molecule has 0 aliphatic carbocycles. The van der Waals surface area contributed by atoms with Gasteiger partial charge >= 0.3 is 6.03 Å². The Kier molecular flexibility index (Phi) is 3.23. The predicted octanol–water partition coefficient (Wildman–Crippen LogP) is 3.58. The van der Waals surface area contributed by atoms with Gasteiger partial charge in [-0.15, -0.1) is 0 Å². The van der Waals surface area contributed by atoms with Crippen LogP contribution in [0.5, 0.6) is 0 Å². The van der Waals surface area contributed by atoms with Crippen molar-refractivity contribution in [3.63, 3.8) is 0 Å². The molecule has 2 amide bonds. The van der Waals surface area contributed by atoms with Crippen LogP contribution in [0.4, 0.5) is 20.6 Å². The third-order valence-corrected chi connectivity index (χ3v) is 3.49. The lowest BCUT2D eigenvalue weighted by atomic mass is 10.3. The zero-order chi connectivity index (χ0) is 15.0. The third kappa shape index (κ3) is 2.19. The molecule has 2 aromatic rings. The summed E-state index contributed by atoms with van der Waals surface area (Å²) in [7, 11) is 0. The summed E-state index contributed by atoms with van der Waals surface area (Å²) >= 11 is 5.18. The fourth-order valence-electron chi connectivity index (χ4n) is 2.12. The molecule has 0 bridgehead atoms. The van der Waals surface area contributed by atoms with Gasteiger partial charge in [-0.1, -0.05) is 30.4 Å². The highest BCUT2D eigenvalue weighted by Gasteiger charge is 2.40. The Morgan fingerprint density at radius 1 is 0.905 bits per heavy atom. The van der Waals surface area contributed by atoms with Crippen LogP contribution in [0.2, 0.25) is 0 Å². The topological polar surface area (TPSA) is 47.4 Å². The second kappa shape index (κ2) is 5.06. The zero-order valence-corrected chi connectivity index (χ0v) is 11.6. The van der Waals surface area contributed by atoms with Crippen LogP contribution in [-0.2, 0) is 0 Å². The van der Waals surface area contributed by atoms with E-state index in [0.29, 0.717) is 11.4 Å². The van der Waals surface area contributed by atoms with Gasteiger partial charge in [-0.2, -0.15) is 0 Å². The van der Waals surface area contributed by atoms with Gasteiger partial charge in [0.15, 0.2) is 10.8 Å². The summed E-state index contributed by atoms with van der Waals surface area (Å²) in [6.07, 6.45) is 0. The molecule has 2 aromatic carbocycles. The highest BCUT2D eigenvalue weighted by Crippen LogP contribution is 2.27. The summed E-state index contributed by atoms with van der Waals surface area (Å²) in [5.41, 5.74) is 1.01. The Balaban J connectivity index is 2.02. The monoisotopic (exact) mass is 299 g/mol. The number of thiocarbonyl (C=S) groups is 1. The van der Waals surface area contributed by atoms with Crippen molar-refractivity contribution >= 4 is 40.4 Å². The van der Waals surface area contributed by atoms with Crippen molar-refractivity contribution in [1.82, 2.24) is 0 Å². The lowest BCUT2D eigenvalue weighted by Gasteiger charge is -2.17. The van der Waals surface area contributed by atoms with Crippen LogP contribution in [0.3, 0.4) is 0 Å². The van der Waals surface area contributed by atoms with Crippen molar-refractivity contribution in [1.29, 1.82) is 5.41 Å². The van der Waals surface area contributed by atoms with E-state index in [2.05, 4.69) is 0 Å². The molecular weight excluding hydrogens is 289 g/mol. The lowest BCUT2D eigenvalue weighted by molar-refractivity contribution is 0.257. The molecule has 0 spiro atoms. The largest absolute Gasteiger partial charge is 0.340 e. The zero-order valence-electron chi connectivity index (χ0n) is 10.8. The van der Waals surface area contributed by atoms with Crippen molar-refractivity contribution in [2.45, 2.75) is 0 Å². The number of para-hydroxylation sites is 1. The SMILES string of the molecule is N=C1C(=S)N(c2ccc(F)cc2)C(=O)N1c1ccccc1.